The van der Waals surface area contributed by atoms with E-state index in [-0.39, 0.29) is 22.3 Å². The first-order valence-corrected chi connectivity index (χ1v) is 6.24. The highest BCUT2D eigenvalue weighted by Crippen LogP contribution is 2.21. The third-order valence-electron chi connectivity index (χ3n) is 2.26. The monoisotopic (exact) mass is 316 g/mol. The molecule has 0 fully saturated rings. The van der Waals surface area contributed by atoms with Crippen molar-refractivity contribution in [3.63, 3.8) is 0 Å². The van der Waals surface area contributed by atoms with Gasteiger partial charge in [-0.15, -0.1) is 0 Å². The number of amides is 1. The zero-order valence-electron chi connectivity index (χ0n) is 9.24. The van der Waals surface area contributed by atoms with Crippen molar-refractivity contribution in [1.82, 2.24) is 5.32 Å². The van der Waals surface area contributed by atoms with E-state index in [0.717, 1.165) is 0 Å². The van der Waals surface area contributed by atoms with Gasteiger partial charge in [0.2, 0.25) is 0 Å². The molecule has 0 aliphatic heterocycles. The zero-order valence-corrected chi connectivity index (χ0v) is 11.6. The Kier molecular flexibility index (Phi) is 4.89. The molecule has 0 saturated carbocycles. The Morgan fingerprint density at radius 1 is 1.65 bits per heavy atom. The van der Waals surface area contributed by atoms with Crippen LogP contribution in [0.4, 0.5) is 0 Å². The lowest BCUT2D eigenvalue weighted by molar-refractivity contribution is 0.0943. The van der Waals surface area contributed by atoms with Crippen LogP contribution in [0, 0.1) is 0 Å². The predicted octanol–water partition coefficient (Wildman–Crippen LogP) is 1.95. The Balaban J connectivity index is 2.89. The molecule has 0 heterocycles. The summed E-state index contributed by atoms with van der Waals surface area (Å²) in [6, 6.07) is 4.27. The van der Waals surface area contributed by atoms with E-state index in [9.17, 15) is 9.90 Å². The molecule has 4 nitrogen and oxygen atoms in total. The Bertz CT molecular complexity index is 451. The molecule has 4 N–H and O–H groups in total. The lowest BCUT2D eigenvalue weighted by Gasteiger charge is -2.15. The molecule has 1 aromatic rings. The number of carbonyl (C=O) groups is 1. The van der Waals surface area contributed by atoms with Crippen LogP contribution >= 0.6 is 28.1 Å². The molecular formula is C11H13BrN2O2S. The van der Waals surface area contributed by atoms with Crippen LogP contribution in [0.2, 0.25) is 0 Å². The van der Waals surface area contributed by atoms with Gasteiger partial charge >= 0.3 is 0 Å². The quantitative estimate of drug-likeness (QED) is 0.742. The Labute approximate surface area is 113 Å². The standard InChI is InChI=1S/C11H13BrN2O2S/c1-2-8(10(13)17)14-11(16)7-5-6(12)3-4-9(7)15/h3-5,8,15H,2H2,1H3,(H2,13,17)(H,14,16). The number of phenolic OH excluding ortho intramolecular Hbond substituents is 1. The van der Waals surface area contributed by atoms with Gasteiger partial charge in [-0.2, -0.15) is 0 Å². The first-order valence-electron chi connectivity index (χ1n) is 5.04. The van der Waals surface area contributed by atoms with E-state index in [4.69, 9.17) is 18.0 Å². The van der Waals surface area contributed by atoms with Crippen molar-refractivity contribution in [1.29, 1.82) is 0 Å². The van der Waals surface area contributed by atoms with Crippen LogP contribution in [0.25, 0.3) is 0 Å². The van der Waals surface area contributed by atoms with Crippen molar-refractivity contribution in [3.8, 4) is 5.75 Å². The molecular weight excluding hydrogens is 304 g/mol. The summed E-state index contributed by atoms with van der Waals surface area (Å²) in [5, 5.41) is 12.2. The van der Waals surface area contributed by atoms with Gasteiger partial charge < -0.3 is 16.2 Å². The van der Waals surface area contributed by atoms with Crippen molar-refractivity contribution < 1.29 is 9.90 Å². The highest BCUT2D eigenvalue weighted by atomic mass is 79.9. The molecule has 92 valence electrons. The van der Waals surface area contributed by atoms with Crippen LogP contribution in [0.15, 0.2) is 22.7 Å². The largest absolute Gasteiger partial charge is 0.507 e. The highest BCUT2D eigenvalue weighted by molar-refractivity contribution is 9.10. The summed E-state index contributed by atoms with van der Waals surface area (Å²) in [4.78, 5) is 12.1. The van der Waals surface area contributed by atoms with Crippen LogP contribution in [-0.2, 0) is 0 Å². The Morgan fingerprint density at radius 2 is 2.29 bits per heavy atom. The van der Waals surface area contributed by atoms with Crippen LogP contribution < -0.4 is 11.1 Å². The first-order chi connectivity index (χ1) is 7.95. The predicted molar refractivity (Wildman–Crippen MR) is 74.1 cm³/mol. The first kappa shape index (κ1) is 13.9. The van der Waals surface area contributed by atoms with Gasteiger partial charge in [0, 0.05) is 4.47 Å². The van der Waals surface area contributed by atoms with E-state index in [1.807, 2.05) is 6.92 Å². The van der Waals surface area contributed by atoms with Crippen molar-refractivity contribution in [3.05, 3.63) is 28.2 Å². The highest BCUT2D eigenvalue weighted by Gasteiger charge is 2.17. The lowest BCUT2D eigenvalue weighted by atomic mass is 10.1. The number of nitrogens with one attached hydrogen (secondary N) is 1. The van der Waals surface area contributed by atoms with Gasteiger partial charge in [0.15, 0.2) is 0 Å². The summed E-state index contributed by atoms with van der Waals surface area (Å²) < 4.78 is 0.712. The summed E-state index contributed by atoms with van der Waals surface area (Å²) in [6.07, 6.45) is 0.607. The number of hydrogen-bond acceptors (Lipinski definition) is 3. The second-order valence-electron chi connectivity index (χ2n) is 3.50. The minimum absolute atomic E-state index is 0.0801. The fourth-order valence-corrected chi connectivity index (χ4v) is 1.89. The van der Waals surface area contributed by atoms with E-state index in [0.29, 0.717) is 10.9 Å². The maximum absolute atomic E-state index is 11.9. The minimum Gasteiger partial charge on any atom is -0.507 e. The lowest BCUT2D eigenvalue weighted by Crippen LogP contribution is -2.43. The fourth-order valence-electron chi connectivity index (χ4n) is 1.30. The van der Waals surface area contributed by atoms with E-state index < -0.39 is 5.91 Å². The van der Waals surface area contributed by atoms with Gasteiger partial charge in [0.05, 0.1) is 16.6 Å². The van der Waals surface area contributed by atoms with Crippen LogP contribution in [0.1, 0.15) is 23.7 Å². The summed E-state index contributed by atoms with van der Waals surface area (Å²) in [7, 11) is 0. The molecule has 0 aliphatic carbocycles. The van der Waals surface area contributed by atoms with Crippen molar-refractivity contribution in [2.75, 3.05) is 0 Å². The van der Waals surface area contributed by atoms with Gasteiger partial charge in [-0.25, -0.2) is 0 Å². The summed E-state index contributed by atoms with van der Waals surface area (Å²) in [6.45, 7) is 1.87. The van der Waals surface area contributed by atoms with E-state index in [2.05, 4.69) is 21.2 Å². The number of aromatic hydroxyl groups is 1. The normalized spacial score (nSPS) is 11.9. The van der Waals surface area contributed by atoms with Gasteiger partial charge in [-0.1, -0.05) is 35.1 Å². The van der Waals surface area contributed by atoms with Crippen molar-refractivity contribution in [2.24, 2.45) is 5.73 Å². The summed E-state index contributed by atoms with van der Waals surface area (Å²) >= 11 is 8.07. The van der Waals surface area contributed by atoms with E-state index in [1.165, 1.54) is 12.1 Å². The number of benzene rings is 1. The van der Waals surface area contributed by atoms with Crippen molar-refractivity contribution >= 4 is 39.0 Å². The topological polar surface area (TPSA) is 75.3 Å². The molecule has 0 bridgehead atoms. The van der Waals surface area contributed by atoms with Gasteiger partial charge in [0.1, 0.15) is 5.75 Å². The second-order valence-corrected chi connectivity index (χ2v) is 4.89. The fraction of sp³-hybridized carbons (Fsp3) is 0.273. The molecule has 1 unspecified atom stereocenters. The molecule has 6 heteroatoms. The average molecular weight is 317 g/mol. The van der Waals surface area contributed by atoms with Crippen LogP contribution in [0.5, 0.6) is 5.75 Å². The number of phenols is 1. The maximum atomic E-state index is 11.9. The number of hydrogen-bond donors (Lipinski definition) is 3. The molecule has 17 heavy (non-hydrogen) atoms. The Hall–Kier alpha value is -1.14. The van der Waals surface area contributed by atoms with Crippen molar-refractivity contribution in [2.45, 2.75) is 19.4 Å². The Morgan fingerprint density at radius 3 is 2.82 bits per heavy atom. The average Bonchev–Trinajstić information content (AvgIpc) is 2.28. The smallest absolute Gasteiger partial charge is 0.255 e. The van der Waals surface area contributed by atoms with E-state index >= 15 is 0 Å². The molecule has 1 aromatic carbocycles. The SMILES string of the molecule is CCC(NC(=O)c1cc(Br)ccc1O)C(N)=S. The molecule has 0 aliphatic rings. The number of rotatable bonds is 4. The summed E-state index contributed by atoms with van der Waals surface area (Å²) in [5.41, 5.74) is 5.68. The number of carbonyl (C=O) groups excluding carboxylic acids is 1. The van der Waals surface area contributed by atoms with Gasteiger partial charge in [-0.3, -0.25) is 4.79 Å². The van der Waals surface area contributed by atoms with Crippen LogP contribution in [0.3, 0.4) is 0 Å². The molecule has 1 atom stereocenters. The molecule has 0 aromatic heterocycles. The molecule has 1 amide bonds. The second kappa shape index (κ2) is 5.97. The molecule has 0 saturated heterocycles. The molecule has 0 radical (unpaired) electrons. The third kappa shape index (κ3) is 3.67. The zero-order chi connectivity index (χ0) is 13.0. The molecule has 0 spiro atoms. The summed E-state index contributed by atoms with van der Waals surface area (Å²) in [5.74, 6) is -0.480. The maximum Gasteiger partial charge on any atom is 0.255 e. The minimum atomic E-state index is -0.400. The third-order valence-corrected chi connectivity index (χ3v) is 3.04. The number of nitrogens with two attached hydrogens (primary N) is 1. The molecule has 1 rings (SSSR count). The number of halogens is 1. The van der Waals surface area contributed by atoms with Gasteiger partial charge in [0.25, 0.3) is 5.91 Å². The van der Waals surface area contributed by atoms with Gasteiger partial charge in [-0.05, 0) is 24.6 Å². The van der Waals surface area contributed by atoms with Crippen LogP contribution in [-0.4, -0.2) is 22.0 Å². The van der Waals surface area contributed by atoms with E-state index in [1.54, 1.807) is 6.07 Å². The number of thiocarbonyl (C=S) groups is 1.